The maximum atomic E-state index is 12.0. The van der Waals surface area contributed by atoms with E-state index in [9.17, 15) is 18.0 Å². The van der Waals surface area contributed by atoms with Gasteiger partial charge in [0.1, 0.15) is 6.61 Å². The Hall–Kier alpha value is -2.48. The molecule has 0 aliphatic rings. The number of anilines is 2. The first kappa shape index (κ1) is 22.6. The van der Waals surface area contributed by atoms with Crippen molar-refractivity contribution >= 4 is 11.4 Å². The number of nitrogens with two attached hydrogens (primary N) is 1. The van der Waals surface area contributed by atoms with Gasteiger partial charge in [-0.1, -0.05) is 19.9 Å². The van der Waals surface area contributed by atoms with E-state index in [2.05, 4.69) is 10.1 Å². The van der Waals surface area contributed by atoms with Crippen molar-refractivity contribution in [1.29, 1.82) is 0 Å². The molecule has 1 heterocycles. The molecule has 0 aliphatic heterocycles. The first-order valence-electron chi connectivity index (χ1n) is 8.63. The Balaban J connectivity index is 0.00000176. The molecule has 2 aromatic rings. The lowest BCUT2D eigenvalue weighted by atomic mass is 10.0. The van der Waals surface area contributed by atoms with E-state index in [0.29, 0.717) is 16.9 Å². The zero-order valence-electron chi connectivity index (χ0n) is 16.0. The van der Waals surface area contributed by atoms with E-state index in [4.69, 9.17) is 5.73 Å². The van der Waals surface area contributed by atoms with Gasteiger partial charge in [0, 0.05) is 25.4 Å². The highest BCUT2D eigenvalue weighted by molar-refractivity contribution is 5.76. The van der Waals surface area contributed by atoms with Gasteiger partial charge in [0.05, 0.1) is 18.0 Å². The molecule has 3 N–H and O–H groups in total. The Kier molecular flexibility index (Phi) is 8.36. The number of pyridine rings is 1. The molecule has 5 nitrogen and oxygen atoms in total. The fourth-order valence-electron chi connectivity index (χ4n) is 2.37. The van der Waals surface area contributed by atoms with Gasteiger partial charge in [-0.25, -0.2) is 0 Å². The largest absolute Gasteiger partial charge is 0.411 e. The first-order valence-corrected chi connectivity index (χ1v) is 8.63. The Morgan fingerprint density at radius 1 is 1.19 bits per heavy atom. The van der Waals surface area contributed by atoms with Crippen LogP contribution in [0.1, 0.15) is 19.4 Å². The molecule has 0 spiro atoms. The van der Waals surface area contributed by atoms with Crippen molar-refractivity contribution in [3.63, 3.8) is 0 Å². The highest BCUT2D eigenvalue weighted by atomic mass is 19.4. The second-order valence-electron chi connectivity index (χ2n) is 5.72. The number of aromatic nitrogens is 1. The van der Waals surface area contributed by atoms with Crippen LogP contribution in [-0.2, 0) is 11.8 Å². The molecule has 0 saturated heterocycles. The number of rotatable bonds is 6. The van der Waals surface area contributed by atoms with Crippen molar-refractivity contribution in [2.75, 3.05) is 30.8 Å². The fourth-order valence-corrected chi connectivity index (χ4v) is 2.37. The Labute approximate surface area is 157 Å². The molecule has 1 aromatic carbocycles. The number of nitrogens with one attached hydrogen (secondary N) is 1. The van der Waals surface area contributed by atoms with Gasteiger partial charge in [-0.3, -0.25) is 4.79 Å². The molecule has 2 rings (SSSR count). The summed E-state index contributed by atoms with van der Waals surface area (Å²) in [5.41, 5.74) is 9.20. The van der Waals surface area contributed by atoms with Crippen LogP contribution in [0.15, 0.2) is 35.3 Å². The van der Waals surface area contributed by atoms with Crippen LogP contribution in [0, 0.1) is 6.92 Å². The number of benzene rings is 1. The highest BCUT2D eigenvalue weighted by Gasteiger charge is 2.27. The Bertz CT molecular complexity index is 776. The van der Waals surface area contributed by atoms with Crippen LogP contribution in [0.5, 0.6) is 0 Å². The third-order valence-electron chi connectivity index (χ3n) is 3.58. The predicted molar refractivity (Wildman–Crippen MR) is 103 cm³/mol. The normalized spacial score (nSPS) is 10.9. The van der Waals surface area contributed by atoms with E-state index in [1.807, 2.05) is 19.9 Å². The molecule has 0 fully saturated rings. The summed E-state index contributed by atoms with van der Waals surface area (Å²) in [6, 6.07) is 7.09. The summed E-state index contributed by atoms with van der Waals surface area (Å²) in [5.74, 6) is 0. The van der Waals surface area contributed by atoms with Crippen LogP contribution in [0.3, 0.4) is 0 Å². The molecule has 1 aromatic heterocycles. The van der Waals surface area contributed by atoms with Crippen LogP contribution in [0.4, 0.5) is 24.5 Å². The summed E-state index contributed by atoms with van der Waals surface area (Å²) >= 11 is 0. The lowest BCUT2D eigenvalue weighted by Gasteiger charge is -2.13. The molecule has 0 unspecified atom stereocenters. The summed E-state index contributed by atoms with van der Waals surface area (Å²) in [6.45, 7) is 4.56. The minimum Gasteiger partial charge on any atom is -0.397 e. The van der Waals surface area contributed by atoms with Gasteiger partial charge >= 0.3 is 6.18 Å². The molecule has 0 amide bonds. The molecular weight excluding hydrogens is 359 g/mol. The van der Waals surface area contributed by atoms with Crippen LogP contribution >= 0.6 is 0 Å². The number of nitrogens with zero attached hydrogens (tertiary/aromatic N) is 1. The van der Waals surface area contributed by atoms with Crippen molar-refractivity contribution in [1.82, 2.24) is 4.57 Å². The van der Waals surface area contributed by atoms with Crippen molar-refractivity contribution < 1.29 is 17.9 Å². The maximum Gasteiger partial charge on any atom is 0.411 e. The minimum absolute atomic E-state index is 0.0700. The standard InChI is InChI=1S/C17H20F3N3O2.C2H6/c1-11-7-13(9-23(2)16(11)24)12-3-4-14(21)15(8-12)22-5-6-25-10-17(18,19)20;1-2/h3-4,7-9,22H,5-6,10,21H2,1-2H3;1-2H3. The topological polar surface area (TPSA) is 69.3 Å². The van der Waals surface area contributed by atoms with Gasteiger partial charge in [-0.05, 0) is 36.2 Å². The number of halogens is 3. The van der Waals surface area contributed by atoms with Crippen molar-refractivity contribution in [2.45, 2.75) is 26.9 Å². The second kappa shape index (κ2) is 10.0. The zero-order valence-corrected chi connectivity index (χ0v) is 16.0. The van der Waals surface area contributed by atoms with E-state index in [1.165, 1.54) is 4.57 Å². The van der Waals surface area contributed by atoms with E-state index >= 15 is 0 Å². The number of nitrogen functional groups attached to an aromatic ring is 1. The predicted octanol–water partition coefficient (Wildman–Crippen LogP) is 3.96. The SMILES string of the molecule is CC.Cc1cc(-c2ccc(N)c(NCCOCC(F)(F)F)c2)cn(C)c1=O. The third-order valence-corrected chi connectivity index (χ3v) is 3.58. The molecular formula is C19H26F3N3O2. The Morgan fingerprint density at radius 3 is 2.44 bits per heavy atom. The van der Waals surface area contributed by atoms with Gasteiger partial charge in [0.2, 0.25) is 0 Å². The van der Waals surface area contributed by atoms with Gasteiger partial charge in [-0.15, -0.1) is 0 Å². The summed E-state index contributed by atoms with van der Waals surface area (Å²) in [6.07, 6.45) is -2.61. The molecule has 0 saturated carbocycles. The number of hydrogen-bond donors (Lipinski definition) is 2. The highest BCUT2D eigenvalue weighted by Crippen LogP contribution is 2.27. The monoisotopic (exact) mass is 385 g/mol. The summed E-state index contributed by atoms with van der Waals surface area (Å²) in [4.78, 5) is 11.8. The van der Waals surface area contributed by atoms with Crippen molar-refractivity contribution in [3.05, 3.63) is 46.4 Å². The smallest absolute Gasteiger partial charge is 0.397 e. The number of ether oxygens (including phenoxy) is 1. The quantitative estimate of drug-likeness (QED) is 0.583. The summed E-state index contributed by atoms with van der Waals surface area (Å²) in [5, 5.41) is 2.96. The second-order valence-corrected chi connectivity index (χ2v) is 5.72. The number of alkyl halides is 3. The van der Waals surface area contributed by atoms with E-state index in [-0.39, 0.29) is 18.7 Å². The number of hydrogen-bond acceptors (Lipinski definition) is 4. The third kappa shape index (κ3) is 6.97. The number of aryl methyl sites for hydroxylation is 2. The zero-order chi connectivity index (χ0) is 20.6. The fraction of sp³-hybridized carbons (Fsp3) is 0.421. The summed E-state index contributed by atoms with van der Waals surface area (Å²) in [7, 11) is 1.67. The Morgan fingerprint density at radius 2 is 1.85 bits per heavy atom. The molecule has 27 heavy (non-hydrogen) atoms. The van der Waals surface area contributed by atoms with Crippen molar-refractivity contribution in [3.8, 4) is 11.1 Å². The van der Waals surface area contributed by atoms with Crippen LogP contribution in [0.25, 0.3) is 11.1 Å². The van der Waals surface area contributed by atoms with Crippen LogP contribution < -0.4 is 16.6 Å². The van der Waals surface area contributed by atoms with Crippen LogP contribution in [-0.4, -0.2) is 30.5 Å². The van der Waals surface area contributed by atoms with E-state index < -0.39 is 12.8 Å². The molecule has 0 atom stereocenters. The van der Waals surface area contributed by atoms with Gasteiger partial charge in [-0.2, -0.15) is 13.2 Å². The van der Waals surface area contributed by atoms with Crippen molar-refractivity contribution in [2.24, 2.45) is 7.05 Å². The minimum atomic E-state index is -4.33. The molecule has 0 aliphatic carbocycles. The average molecular weight is 385 g/mol. The van der Waals surface area contributed by atoms with E-state index in [1.54, 1.807) is 38.4 Å². The average Bonchev–Trinajstić information content (AvgIpc) is 2.61. The van der Waals surface area contributed by atoms with Gasteiger partial charge in [0.25, 0.3) is 5.56 Å². The first-order chi connectivity index (χ1) is 12.7. The van der Waals surface area contributed by atoms with E-state index in [0.717, 1.165) is 11.1 Å². The molecule has 150 valence electrons. The maximum absolute atomic E-state index is 12.0. The molecule has 0 bridgehead atoms. The lowest BCUT2D eigenvalue weighted by molar-refractivity contribution is -0.172. The molecule has 0 radical (unpaired) electrons. The lowest BCUT2D eigenvalue weighted by Crippen LogP contribution is -2.20. The van der Waals surface area contributed by atoms with Crippen LogP contribution in [0.2, 0.25) is 0 Å². The molecule has 8 heteroatoms. The van der Waals surface area contributed by atoms with Gasteiger partial charge < -0.3 is 20.4 Å². The summed E-state index contributed by atoms with van der Waals surface area (Å²) < 4.78 is 42.1. The van der Waals surface area contributed by atoms with Gasteiger partial charge in [0.15, 0.2) is 0 Å².